The van der Waals surface area contributed by atoms with Crippen LogP contribution in [0.1, 0.15) is 26.7 Å². The number of hydrogen-bond acceptors (Lipinski definition) is 3. The molecule has 0 aliphatic heterocycles. The van der Waals surface area contributed by atoms with Crippen LogP contribution in [0.25, 0.3) is 0 Å². The average molecular weight is 174 g/mol. The first kappa shape index (κ1) is 11.4. The summed E-state index contributed by atoms with van der Waals surface area (Å²) >= 11 is 0. The highest BCUT2D eigenvalue weighted by atomic mass is 16.5. The smallest absolute Gasteiger partial charge is 0.308 e. The van der Waals surface area contributed by atoms with E-state index in [2.05, 4.69) is 4.74 Å². The summed E-state index contributed by atoms with van der Waals surface area (Å²) in [5.41, 5.74) is 0. The lowest BCUT2D eigenvalue weighted by atomic mass is 9.95. The minimum absolute atomic E-state index is 0.0588. The third-order valence-electron chi connectivity index (χ3n) is 1.98. The first-order valence-electron chi connectivity index (χ1n) is 4.30. The Labute approximate surface area is 73.7 Å². The summed E-state index contributed by atoms with van der Waals surface area (Å²) in [6.07, 6.45) is 1.54. The lowest BCUT2D eigenvalue weighted by Gasteiger charge is -2.13. The van der Waals surface area contributed by atoms with Crippen molar-refractivity contribution in [2.45, 2.75) is 26.7 Å². The lowest BCUT2D eigenvalue weighted by Crippen LogP contribution is -2.16. The normalized spacial score (nSPS) is 15.3. The van der Waals surface area contributed by atoms with Crippen LogP contribution in [0.15, 0.2) is 0 Å². The molecule has 12 heavy (non-hydrogen) atoms. The number of ether oxygens (including phenoxy) is 1. The fourth-order valence-electron chi connectivity index (χ4n) is 1.24. The molecule has 0 aromatic carbocycles. The predicted molar refractivity (Wildman–Crippen MR) is 46.7 cm³/mol. The second-order valence-electron chi connectivity index (χ2n) is 3.28. The quantitative estimate of drug-likeness (QED) is 0.637. The van der Waals surface area contributed by atoms with Crippen LogP contribution in [0.3, 0.4) is 0 Å². The number of esters is 1. The van der Waals surface area contributed by atoms with Gasteiger partial charge in [-0.25, -0.2) is 0 Å². The van der Waals surface area contributed by atoms with Gasteiger partial charge in [-0.15, -0.1) is 0 Å². The summed E-state index contributed by atoms with van der Waals surface area (Å²) in [6, 6.07) is 0. The molecule has 1 N–H and O–H groups in total. The number of aliphatic hydroxyl groups is 1. The molecule has 0 saturated heterocycles. The minimum atomic E-state index is -0.167. The van der Waals surface area contributed by atoms with Crippen molar-refractivity contribution in [1.82, 2.24) is 0 Å². The van der Waals surface area contributed by atoms with Crippen LogP contribution in [0.2, 0.25) is 0 Å². The molecule has 0 aromatic heterocycles. The topological polar surface area (TPSA) is 46.5 Å². The van der Waals surface area contributed by atoms with E-state index in [1.54, 1.807) is 0 Å². The lowest BCUT2D eigenvalue weighted by molar-refractivity contribution is -0.145. The molecule has 2 atom stereocenters. The van der Waals surface area contributed by atoms with E-state index >= 15 is 0 Å². The first-order chi connectivity index (χ1) is 5.61. The Morgan fingerprint density at radius 1 is 1.50 bits per heavy atom. The number of aliphatic hydroxyl groups excluding tert-OH is 1. The molecule has 3 nitrogen and oxygen atoms in total. The van der Waals surface area contributed by atoms with Gasteiger partial charge in [0, 0.05) is 6.61 Å². The third kappa shape index (κ3) is 4.34. The first-order valence-corrected chi connectivity index (χ1v) is 4.30. The van der Waals surface area contributed by atoms with E-state index in [1.165, 1.54) is 7.11 Å². The summed E-state index contributed by atoms with van der Waals surface area (Å²) in [6.45, 7) is 4.06. The Morgan fingerprint density at radius 2 is 2.08 bits per heavy atom. The van der Waals surface area contributed by atoms with E-state index in [0.717, 1.165) is 12.8 Å². The van der Waals surface area contributed by atoms with Crippen molar-refractivity contribution in [1.29, 1.82) is 0 Å². The number of rotatable bonds is 5. The molecule has 0 fully saturated rings. The molecule has 0 amide bonds. The second kappa shape index (κ2) is 6.00. The van der Waals surface area contributed by atoms with Gasteiger partial charge in [0.15, 0.2) is 0 Å². The Morgan fingerprint density at radius 3 is 2.50 bits per heavy atom. The van der Waals surface area contributed by atoms with E-state index < -0.39 is 0 Å². The van der Waals surface area contributed by atoms with E-state index in [9.17, 15) is 4.79 Å². The number of carbonyl (C=O) groups excluding carboxylic acids is 1. The molecule has 0 aliphatic rings. The van der Waals surface area contributed by atoms with Crippen molar-refractivity contribution in [2.24, 2.45) is 11.8 Å². The molecular formula is C9H18O3. The van der Waals surface area contributed by atoms with Crippen LogP contribution >= 0.6 is 0 Å². The zero-order valence-electron chi connectivity index (χ0n) is 8.04. The molecule has 0 heterocycles. The van der Waals surface area contributed by atoms with Gasteiger partial charge in [-0.3, -0.25) is 4.79 Å². The molecule has 0 radical (unpaired) electrons. The zero-order valence-corrected chi connectivity index (χ0v) is 8.04. The number of hydrogen-bond donors (Lipinski definition) is 1. The van der Waals surface area contributed by atoms with Crippen LogP contribution < -0.4 is 0 Å². The second-order valence-corrected chi connectivity index (χ2v) is 3.28. The SMILES string of the molecule is COC(=O)[C@H](C)C[C@H](C)CCO. The highest BCUT2D eigenvalue weighted by molar-refractivity contribution is 5.71. The van der Waals surface area contributed by atoms with Crippen molar-refractivity contribution in [3.8, 4) is 0 Å². The fourth-order valence-corrected chi connectivity index (χ4v) is 1.24. The largest absolute Gasteiger partial charge is 0.469 e. The van der Waals surface area contributed by atoms with Gasteiger partial charge < -0.3 is 9.84 Å². The summed E-state index contributed by atoms with van der Waals surface area (Å²) in [4.78, 5) is 11.0. The Hall–Kier alpha value is -0.570. The monoisotopic (exact) mass is 174 g/mol. The Kier molecular flexibility index (Phi) is 5.72. The molecule has 0 aromatic rings. The van der Waals surface area contributed by atoms with Crippen molar-refractivity contribution in [3.05, 3.63) is 0 Å². The van der Waals surface area contributed by atoms with Crippen molar-refractivity contribution < 1.29 is 14.6 Å². The zero-order chi connectivity index (χ0) is 9.56. The van der Waals surface area contributed by atoms with Crippen LogP contribution in [0, 0.1) is 11.8 Å². The van der Waals surface area contributed by atoms with Crippen LogP contribution in [0.5, 0.6) is 0 Å². The van der Waals surface area contributed by atoms with Crippen LogP contribution in [-0.4, -0.2) is 24.8 Å². The highest BCUT2D eigenvalue weighted by Gasteiger charge is 2.15. The van der Waals surface area contributed by atoms with Crippen LogP contribution in [-0.2, 0) is 9.53 Å². The molecular weight excluding hydrogens is 156 g/mol. The minimum Gasteiger partial charge on any atom is -0.469 e. The van der Waals surface area contributed by atoms with E-state index in [-0.39, 0.29) is 18.5 Å². The van der Waals surface area contributed by atoms with Gasteiger partial charge in [0.2, 0.25) is 0 Å². The molecule has 0 rings (SSSR count). The Balaban J connectivity index is 3.67. The summed E-state index contributed by atoms with van der Waals surface area (Å²) < 4.78 is 4.59. The third-order valence-corrected chi connectivity index (χ3v) is 1.98. The highest BCUT2D eigenvalue weighted by Crippen LogP contribution is 2.15. The predicted octanol–water partition coefficient (Wildman–Crippen LogP) is 1.20. The number of methoxy groups -OCH3 is 1. The molecule has 0 saturated carbocycles. The number of carbonyl (C=O) groups is 1. The van der Waals surface area contributed by atoms with Gasteiger partial charge in [0.25, 0.3) is 0 Å². The van der Waals surface area contributed by atoms with Gasteiger partial charge in [0.1, 0.15) is 0 Å². The van der Waals surface area contributed by atoms with E-state index in [1.807, 2.05) is 13.8 Å². The maximum atomic E-state index is 11.0. The fraction of sp³-hybridized carbons (Fsp3) is 0.889. The molecule has 72 valence electrons. The van der Waals surface area contributed by atoms with Crippen molar-refractivity contribution in [3.63, 3.8) is 0 Å². The maximum Gasteiger partial charge on any atom is 0.308 e. The molecule has 0 bridgehead atoms. The summed E-state index contributed by atoms with van der Waals surface area (Å²) in [5.74, 6) is 0.153. The standard InChI is InChI=1S/C9H18O3/c1-7(4-5-10)6-8(2)9(11)12-3/h7-8,10H,4-6H2,1-3H3/t7-,8-/m1/s1. The van der Waals surface area contributed by atoms with Gasteiger partial charge in [-0.05, 0) is 18.8 Å². The average Bonchev–Trinajstić information content (AvgIpc) is 2.03. The van der Waals surface area contributed by atoms with Gasteiger partial charge in [-0.2, -0.15) is 0 Å². The van der Waals surface area contributed by atoms with Crippen molar-refractivity contribution >= 4 is 5.97 Å². The van der Waals surface area contributed by atoms with Gasteiger partial charge in [-0.1, -0.05) is 13.8 Å². The van der Waals surface area contributed by atoms with Gasteiger partial charge in [0.05, 0.1) is 13.0 Å². The van der Waals surface area contributed by atoms with Crippen LogP contribution in [0.4, 0.5) is 0 Å². The molecule has 0 unspecified atom stereocenters. The summed E-state index contributed by atoms with van der Waals surface area (Å²) in [5, 5.41) is 8.63. The van der Waals surface area contributed by atoms with E-state index in [0.29, 0.717) is 5.92 Å². The van der Waals surface area contributed by atoms with Crippen molar-refractivity contribution in [2.75, 3.05) is 13.7 Å². The molecule has 0 aliphatic carbocycles. The maximum absolute atomic E-state index is 11.0. The van der Waals surface area contributed by atoms with Gasteiger partial charge >= 0.3 is 5.97 Å². The Bertz CT molecular complexity index is 134. The summed E-state index contributed by atoms with van der Waals surface area (Å²) in [7, 11) is 1.40. The molecule has 0 spiro atoms. The molecule has 3 heteroatoms. The van der Waals surface area contributed by atoms with E-state index in [4.69, 9.17) is 5.11 Å².